The zero-order chi connectivity index (χ0) is 17.7. The van der Waals surface area contributed by atoms with E-state index in [4.69, 9.17) is 0 Å². The molecule has 1 unspecified atom stereocenters. The molecule has 0 aromatic heterocycles. The fourth-order valence-corrected chi connectivity index (χ4v) is 2.40. The maximum Gasteiger partial charge on any atom is 0.461 e. The first-order valence-corrected chi connectivity index (χ1v) is 7.40. The highest BCUT2D eigenvalue weighted by atomic mass is 19.3. The Labute approximate surface area is 137 Å². The zero-order valence-corrected chi connectivity index (χ0v) is 12.9. The third kappa shape index (κ3) is 3.93. The van der Waals surface area contributed by atoms with E-state index in [-0.39, 0.29) is 5.56 Å². The number of hydrogen-bond acceptors (Lipinski definition) is 2. The van der Waals surface area contributed by atoms with E-state index in [0.29, 0.717) is 6.42 Å². The lowest BCUT2D eigenvalue weighted by atomic mass is 9.88. The van der Waals surface area contributed by atoms with Crippen LogP contribution in [0.1, 0.15) is 35.2 Å². The minimum atomic E-state index is -4.66. The topological polar surface area (TPSA) is 26.3 Å². The molecule has 6 heteroatoms. The Hall–Kier alpha value is -2.37. The van der Waals surface area contributed by atoms with Crippen molar-refractivity contribution < 1.29 is 27.1 Å². The highest BCUT2D eigenvalue weighted by Crippen LogP contribution is 2.33. The molecule has 0 radical (unpaired) electrons. The predicted molar refractivity (Wildman–Crippen MR) is 81.8 cm³/mol. The van der Waals surface area contributed by atoms with Crippen molar-refractivity contribution in [3.05, 3.63) is 65.7 Å². The minimum Gasteiger partial charge on any atom is -0.428 e. The van der Waals surface area contributed by atoms with Crippen LogP contribution in [0.2, 0.25) is 0 Å². The second kappa shape index (κ2) is 7.47. The van der Waals surface area contributed by atoms with E-state index < -0.39 is 30.0 Å². The van der Waals surface area contributed by atoms with Gasteiger partial charge in [0.1, 0.15) is 5.75 Å². The fraction of sp³-hybridized carbons (Fsp3) is 0.278. The van der Waals surface area contributed by atoms with Gasteiger partial charge in [0, 0.05) is 5.92 Å². The standard InChI is InChI=1S/C18H16F4O2/c1-2-13(12-8-4-3-5-9-12)16(23)14-10-6-7-11-15(14)24-18(21,22)17(19)20/h3-11,13,17H,2H2,1H3. The number of rotatable bonds is 7. The Morgan fingerprint density at radius 3 is 2.21 bits per heavy atom. The predicted octanol–water partition coefficient (Wildman–Crippen LogP) is 5.30. The molecule has 0 bridgehead atoms. The molecule has 0 amide bonds. The summed E-state index contributed by atoms with van der Waals surface area (Å²) in [6.45, 7) is 1.78. The molecule has 24 heavy (non-hydrogen) atoms. The van der Waals surface area contributed by atoms with Crippen LogP contribution in [0, 0.1) is 0 Å². The van der Waals surface area contributed by atoms with Gasteiger partial charge >= 0.3 is 12.5 Å². The van der Waals surface area contributed by atoms with E-state index in [1.54, 1.807) is 37.3 Å². The average molecular weight is 340 g/mol. The van der Waals surface area contributed by atoms with E-state index in [1.165, 1.54) is 18.2 Å². The van der Waals surface area contributed by atoms with Gasteiger partial charge in [-0.2, -0.15) is 17.6 Å². The number of hydrogen-bond donors (Lipinski definition) is 0. The number of ketones is 1. The van der Waals surface area contributed by atoms with Crippen LogP contribution in [0.3, 0.4) is 0 Å². The molecule has 2 rings (SSSR count). The number of ether oxygens (including phenoxy) is 1. The SMILES string of the molecule is CCC(C(=O)c1ccccc1OC(F)(F)C(F)F)c1ccccc1. The summed E-state index contributed by atoms with van der Waals surface area (Å²) in [5.74, 6) is -1.58. The third-order valence-corrected chi connectivity index (χ3v) is 3.58. The Balaban J connectivity index is 2.36. The second-order valence-corrected chi connectivity index (χ2v) is 5.20. The lowest BCUT2D eigenvalue weighted by Gasteiger charge is -2.20. The normalized spacial score (nSPS) is 12.9. The van der Waals surface area contributed by atoms with Gasteiger partial charge in [-0.15, -0.1) is 0 Å². The molecule has 128 valence electrons. The largest absolute Gasteiger partial charge is 0.461 e. The van der Waals surface area contributed by atoms with Crippen molar-refractivity contribution in [3.63, 3.8) is 0 Å². The van der Waals surface area contributed by atoms with E-state index in [9.17, 15) is 22.4 Å². The smallest absolute Gasteiger partial charge is 0.428 e. The summed E-state index contributed by atoms with van der Waals surface area (Å²) < 4.78 is 55.3. The summed E-state index contributed by atoms with van der Waals surface area (Å²) >= 11 is 0. The van der Waals surface area contributed by atoms with Gasteiger partial charge in [0.2, 0.25) is 0 Å². The summed E-state index contributed by atoms with van der Waals surface area (Å²) in [6.07, 6.45) is -8.22. The number of carbonyl (C=O) groups is 1. The number of benzene rings is 2. The molecule has 0 heterocycles. The van der Waals surface area contributed by atoms with Gasteiger partial charge in [0.25, 0.3) is 0 Å². The van der Waals surface area contributed by atoms with E-state index in [1.807, 2.05) is 0 Å². The Morgan fingerprint density at radius 2 is 1.62 bits per heavy atom. The van der Waals surface area contributed by atoms with Gasteiger partial charge in [-0.05, 0) is 24.1 Å². The van der Waals surface area contributed by atoms with Crippen LogP contribution in [0.5, 0.6) is 5.75 Å². The molecule has 0 aliphatic rings. The molecular weight excluding hydrogens is 324 g/mol. The summed E-state index contributed by atoms with van der Waals surface area (Å²) in [5, 5.41) is 0. The second-order valence-electron chi connectivity index (χ2n) is 5.20. The van der Waals surface area contributed by atoms with Gasteiger partial charge in [-0.3, -0.25) is 4.79 Å². The monoisotopic (exact) mass is 340 g/mol. The Morgan fingerprint density at radius 1 is 1.04 bits per heavy atom. The molecule has 2 aromatic rings. The number of para-hydroxylation sites is 1. The molecule has 2 nitrogen and oxygen atoms in total. The molecule has 0 spiro atoms. The number of alkyl halides is 4. The van der Waals surface area contributed by atoms with Crippen molar-refractivity contribution in [2.24, 2.45) is 0 Å². The first-order valence-electron chi connectivity index (χ1n) is 7.40. The van der Waals surface area contributed by atoms with Gasteiger partial charge in [0.15, 0.2) is 5.78 Å². The molecule has 0 fully saturated rings. The third-order valence-electron chi connectivity index (χ3n) is 3.58. The summed E-state index contributed by atoms with van der Waals surface area (Å²) in [4.78, 5) is 12.7. The van der Waals surface area contributed by atoms with Crippen LogP contribution in [-0.4, -0.2) is 18.3 Å². The van der Waals surface area contributed by atoms with Crippen molar-refractivity contribution in [1.29, 1.82) is 0 Å². The summed E-state index contributed by atoms with van der Waals surface area (Å²) in [6, 6.07) is 14.0. The quantitative estimate of drug-likeness (QED) is 0.505. The highest BCUT2D eigenvalue weighted by Gasteiger charge is 2.44. The van der Waals surface area contributed by atoms with Crippen molar-refractivity contribution in [3.8, 4) is 5.75 Å². The van der Waals surface area contributed by atoms with Crippen molar-refractivity contribution >= 4 is 5.78 Å². The molecule has 1 atom stereocenters. The molecule has 0 aliphatic heterocycles. The Kier molecular flexibility index (Phi) is 5.59. The van der Waals surface area contributed by atoms with Gasteiger partial charge < -0.3 is 4.74 Å². The number of carbonyl (C=O) groups excluding carboxylic acids is 1. The van der Waals surface area contributed by atoms with Crippen LogP contribution >= 0.6 is 0 Å². The zero-order valence-electron chi connectivity index (χ0n) is 12.9. The van der Waals surface area contributed by atoms with E-state index >= 15 is 0 Å². The summed E-state index contributed by atoms with van der Waals surface area (Å²) in [5.41, 5.74) is 0.578. The number of Topliss-reactive ketones (excluding diaryl/α,β-unsaturated/α-hetero) is 1. The minimum absolute atomic E-state index is 0.145. The Bertz CT molecular complexity index is 686. The summed E-state index contributed by atoms with van der Waals surface area (Å²) in [7, 11) is 0. The van der Waals surface area contributed by atoms with Crippen LogP contribution in [0.15, 0.2) is 54.6 Å². The maximum absolute atomic E-state index is 13.2. The first-order chi connectivity index (χ1) is 11.4. The average Bonchev–Trinajstić information content (AvgIpc) is 2.56. The van der Waals surface area contributed by atoms with Crippen LogP contribution < -0.4 is 4.74 Å². The van der Waals surface area contributed by atoms with E-state index in [0.717, 1.165) is 11.6 Å². The molecule has 0 saturated heterocycles. The molecule has 0 aliphatic carbocycles. The van der Waals surface area contributed by atoms with Crippen molar-refractivity contribution in [2.75, 3.05) is 0 Å². The first kappa shape index (κ1) is 18.0. The molecule has 2 aromatic carbocycles. The highest BCUT2D eigenvalue weighted by molar-refractivity contribution is 6.03. The maximum atomic E-state index is 13.2. The van der Waals surface area contributed by atoms with E-state index in [2.05, 4.69) is 4.74 Å². The van der Waals surface area contributed by atoms with Crippen LogP contribution in [-0.2, 0) is 0 Å². The number of halogens is 4. The van der Waals surface area contributed by atoms with Crippen molar-refractivity contribution in [2.45, 2.75) is 31.8 Å². The van der Waals surface area contributed by atoms with Crippen LogP contribution in [0.4, 0.5) is 17.6 Å². The molecular formula is C18H16F4O2. The van der Waals surface area contributed by atoms with Gasteiger partial charge in [-0.25, -0.2) is 0 Å². The lowest BCUT2D eigenvalue weighted by Crippen LogP contribution is -2.34. The fourth-order valence-electron chi connectivity index (χ4n) is 2.40. The van der Waals surface area contributed by atoms with Crippen LogP contribution in [0.25, 0.3) is 0 Å². The van der Waals surface area contributed by atoms with Gasteiger partial charge in [-0.1, -0.05) is 49.4 Å². The molecule has 0 saturated carbocycles. The van der Waals surface area contributed by atoms with Gasteiger partial charge in [0.05, 0.1) is 5.56 Å². The lowest BCUT2D eigenvalue weighted by molar-refractivity contribution is -0.253. The molecule has 0 N–H and O–H groups in total. The van der Waals surface area contributed by atoms with Crippen molar-refractivity contribution in [1.82, 2.24) is 0 Å².